The summed E-state index contributed by atoms with van der Waals surface area (Å²) >= 11 is 1.14. The summed E-state index contributed by atoms with van der Waals surface area (Å²) in [7, 11) is 2.71. The largest absolute Gasteiger partial charge is 0.508 e. The minimum absolute atomic E-state index is 0. The summed E-state index contributed by atoms with van der Waals surface area (Å²) in [6.45, 7) is -0.213. The molecular formula is C20H26N8O9S. The van der Waals surface area contributed by atoms with Crippen molar-refractivity contribution in [3.8, 4) is 5.75 Å². The second-order valence-corrected chi connectivity index (χ2v) is 8.70. The van der Waals surface area contributed by atoms with E-state index >= 15 is 0 Å². The molecule has 206 valence electrons. The van der Waals surface area contributed by atoms with Crippen LogP contribution in [-0.4, -0.2) is 95.6 Å². The van der Waals surface area contributed by atoms with Crippen molar-refractivity contribution >= 4 is 35.5 Å². The molecule has 0 saturated carbocycles. The molecule has 1 aromatic heterocycles. The quantitative estimate of drug-likeness (QED) is 0.0957. The van der Waals surface area contributed by atoms with Gasteiger partial charge in [0.1, 0.15) is 11.4 Å². The summed E-state index contributed by atoms with van der Waals surface area (Å²) in [5.41, 5.74) is -2.17. The van der Waals surface area contributed by atoms with Crippen LogP contribution < -0.4 is 17.6 Å². The number of carbonyl (C=O) groups excluding carboxylic acids is 2. The Bertz CT molecular complexity index is 1270. The third-order valence-electron chi connectivity index (χ3n) is 5.64. The van der Waals surface area contributed by atoms with E-state index in [1.54, 1.807) is 7.05 Å². The molecule has 4 rings (SSSR count). The van der Waals surface area contributed by atoms with Crippen molar-refractivity contribution in [2.24, 2.45) is 7.05 Å². The number of carbonyl (C=O) groups is 4. The Labute approximate surface area is 218 Å². The summed E-state index contributed by atoms with van der Waals surface area (Å²) in [5.74, 6) is -6.73. The average molecular weight is 555 g/mol. The predicted octanol–water partition coefficient (Wildman–Crippen LogP) is -0.804. The second kappa shape index (κ2) is 11.5. The van der Waals surface area contributed by atoms with Gasteiger partial charge in [-0.25, -0.2) is 9.48 Å². The molecule has 38 heavy (non-hydrogen) atoms. The Balaban J connectivity index is 0.00000253. The number of aromatic nitrogens is 4. The van der Waals surface area contributed by atoms with E-state index in [0.29, 0.717) is 5.16 Å². The maximum Gasteiger partial charge on any atom is 0.352 e. The maximum absolute atomic E-state index is 13.2. The number of ether oxygens (including phenoxy) is 2. The van der Waals surface area contributed by atoms with E-state index in [2.05, 4.69) is 20.8 Å². The number of aryl methyl sites for hydroxylation is 1. The van der Waals surface area contributed by atoms with E-state index in [9.17, 15) is 34.5 Å². The molecule has 17 nitrogen and oxygen atoms in total. The van der Waals surface area contributed by atoms with Crippen LogP contribution in [0.4, 0.5) is 0 Å². The van der Waals surface area contributed by atoms with Gasteiger partial charge in [-0.15, -0.1) is 5.10 Å². The number of benzene rings is 1. The number of hydrogen-bond acceptors (Lipinski definition) is 13. The molecule has 0 spiro atoms. The van der Waals surface area contributed by atoms with Gasteiger partial charge in [-0.2, -0.15) is 0 Å². The number of rotatable bonds is 9. The number of tetrazole rings is 1. The third kappa shape index (κ3) is 5.02. The first kappa shape index (κ1) is 30.1. The molecule has 1 saturated heterocycles. The van der Waals surface area contributed by atoms with Gasteiger partial charge >= 0.3 is 11.9 Å². The van der Waals surface area contributed by atoms with Crippen molar-refractivity contribution < 1.29 is 44.0 Å². The molecule has 0 bridgehead atoms. The number of nitrogens with zero attached hydrogens (tertiary/aromatic N) is 5. The van der Waals surface area contributed by atoms with E-state index in [1.807, 2.05) is 0 Å². The van der Waals surface area contributed by atoms with Crippen LogP contribution in [0.3, 0.4) is 0 Å². The zero-order valence-corrected chi connectivity index (χ0v) is 21.0. The highest BCUT2D eigenvalue weighted by molar-refractivity contribution is 7.99. The van der Waals surface area contributed by atoms with Gasteiger partial charge < -0.3 is 42.4 Å². The lowest BCUT2D eigenvalue weighted by molar-refractivity contribution is -0.258. The number of carboxylic acids is 2. The lowest BCUT2D eigenvalue weighted by Gasteiger charge is -2.55. The summed E-state index contributed by atoms with van der Waals surface area (Å²) in [6, 6.07) is 4.93. The van der Waals surface area contributed by atoms with Crippen LogP contribution in [0.1, 0.15) is 11.5 Å². The zero-order valence-electron chi connectivity index (χ0n) is 20.2. The summed E-state index contributed by atoms with van der Waals surface area (Å²) in [5, 5.41) is 42.6. The second-order valence-electron chi connectivity index (χ2n) is 7.76. The summed E-state index contributed by atoms with van der Waals surface area (Å²) in [4.78, 5) is 51.0. The minimum Gasteiger partial charge on any atom is -0.508 e. The smallest absolute Gasteiger partial charge is 0.352 e. The third-order valence-corrected chi connectivity index (χ3v) is 6.73. The van der Waals surface area contributed by atoms with E-state index in [-0.39, 0.29) is 47.2 Å². The number of β-lactam (4-membered cyclic amide) rings is 1. The Morgan fingerprint density at radius 1 is 1.26 bits per heavy atom. The highest BCUT2D eigenvalue weighted by Gasteiger charge is 2.68. The fourth-order valence-electron chi connectivity index (χ4n) is 3.88. The highest BCUT2D eigenvalue weighted by Crippen LogP contribution is 2.41. The fourth-order valence-corrected chi connectivity index (χ4v) is 4.72. The number of phenolic OH excluding ortho intramolecular Hbond substituents is 1. The molecule has 3 atom stereocenters. The molecule has 0 radical (unpaired) electrons. The lowest BCUT2D eigenvalue weighted by atomic mass is 9.92. The van der Waals surface area contributed by atoms with E-state index in [1.165, 1.54) is 28.9 Å². The molecule has 0 unspecified atom stereocenters. The van der Waals surface area contributed by atoms with Crippen LogP contribution in [0.5, 0.6) is 5.75 Å². The molecule has 10 N–H and O–H groups in total. The van der Waals surface area contributed by atoms with Crippen molar-refractivity contribution in [2.45, 2.75) is 23.0 Å². The zero-order chi connectivity index (χ0) is 26.2. The number of aliphatic carboxylic acids is 2. The van der Waals surface area contributed by atoms with Crippen molar-refractivity contribution in [1.82, 2.24) is 42.7 Å². The summed E-state index contributed by atoms with van der Waals surface area (Å²) in [6.07, 6.45) is -1.36. The van der Waals surface area contributed by atoms with Crippen LogP contribution >= 0.6 is 11.8 Å². The highest BCUT2D eigenvalue weighted by atomic mass is 32.2. The number of carboxylic acid groups (broad SMARTS) is 2. The van der Waals surface area contributed by atoms with Gasteiger partial charge in [0.05, 0.1) is 6.61 Å². The molecule has 3 heterocycles. The minimum atomic E-state index is -2.14. The van der Waals surface area contributed by atoms with Gasteiger partial charge in [0.15, 0.2) is 12.1 Å². The first-order valence-corrected chi connectivity index (χ1v) is 11.2. The number of methoxy groups -OCH3 is 1. The number of thioether (sulfide) groups is 1. The molecule has 2 amide bonds. The first-order valence-electron chi connectivity index (χ1n) is 10.2. The van der Waals surface area contributed by atoms with Crippen LogP contribution in [0.25, 0.3) is 0 Å². The van der Waals surface area contributed by atoms with Crippen LogP contribution in [0.2, 0.25) is 0 Å². The van der Waals surface area contributed by atoms with Gasteiger partial charge in [0.25, 0.3) is 11.6 Å². The molecule has 2 aromatic rings. The Kier molecular flexibility index (Phi) is 9.14. The number of hydrogen-bond donors (Lipinski definition) is 6. The number of aromatic hydroxyl groups is 1. The molecule has 2 aliphatic heterocycles. The van der Waals surface area contributed by atoms with Crippen molar-refractivity contribution in [3.63, 3.8) is 0 Å². The van der Waals surface area contributed by atoms with Crippen molar-refractivity contribution in [3.05, 3.63) is 41.1 Å². The predicted molar refractivity (Wildman–Crippen MR) is 127 cm³/mol. The molecular weight excluding hydrogens is 528 g/mol. The van der Waals surface area contributed by atoms with Crippen LogP contribution in [-0.2, 0) is 35.7 Å². The molecule has 0 aliphatic carbocycles. The van der Waals surface area contributed by atoms with Gasteiger partial charge in [0, 0.05) is 19.9 Å². The molecule has 1 aromatic carbocycles. The maximum atomic E-state index is 13.2. The normalized spacial score (nSPS) is 20.8. The van der Waals surface area contributed by atoms with Crippen LogP contribution in [0, 0.1) is 0 Å². The molecule has 2 aliphatic rings. The first-order chi connectivity index (χ1) is 17.1. The average Bonchev–Trinajstić information content (AvgIpc) is 3.25. The van der Waals surface area contributed by atoms with Crippen molar-refractivity contribution in [2.75, 3.05) is 19.5 Å². The SMILES string of the molecule is CO[C@@]1(NC(=O)[C@@H](C(=O)O)c2ccc(O)cc2)C(=O)N2C(C(=O)O)=C(CSc3nnnn3C)CO[C@@H]21.N.N. The standard InChI is InChI=1S/C20H20N6O9S.2H3N/c1-25-19(22-23-24-25)36-8-10-7-35-18-20(34-2,17(33)26(18)13(10)16(31)32)21-14(28)12(15(29)30)9-3-5-11(27)6-4-9;;/h3-6,12,18,27H,7-8H2,1-2H3,(H,21,28)(H,29,30)(H,31,32);2*1H3/t12-,18+,20-;;/m0../s1. The van der Waals surface area contributed by atoms with E-state index in [4.69, 9.17) is 9.47 Å². The number of fused-ring (bicyclic) bond motifs is 1. The van der Waals surface area contributed by atoms with Crippen LogP contribution in [0.15, 0.2) is 40.7 Å². The van der Waals surface area contributed by atoms with E-state index in [0.717, 1.165) is 23.8 Å². The van der Waals surface area contributed by atoms with Crippen molar-refractivity contribution in [1.29, 1.82) is 0 Å². The Morgan fingerprint density at radius 3 is 2.45 bits per heavy atom. The van der Waals surface area contributed by atoms with Gasteiger partial charge in [-0.3, -0.25) is 19.3 Å². The number of nitrogens with one attached hydrogen (secondary N) is 1. The summed E-state index contributed by atoms with van der Waals surface area (Å²) < 4.78 is 12.4. The lowest BCUT2D eigenvalue weighted by Crippen LogP contribution is -2.82. The fraction of sp³-hybridized carbons (Fsp3) is 0.350. The van der Waals surface area contributed by atoms with Gasteiger partial charge in [0.2, 0.25) is 11.1 Å². The van der Waals surface area contributed by atoms with Gasteiger partial charge in [-0.05, 0) is 33.7 Å². The Hall–Kier alpha value is -4.10. The monoisotopic (exact) mass is 554 g/mol. The molecule has 18 heteroatoms. The topological polar surface area (TPSA) is 276 Å². The van der Waals surface area contributed by atoms with Gasteiger partial charge in [-0.1, -0.05) is 23.9 Å². The Morgan fingerprint density at radius 2 is 1.92 bits per heavy atom. The van der Waals surface area contributed by atoms with E-state index < -0.39 is 41.6 Å². The number of amides is 2. The molecule has 1 fully saturated rings. The number of phenols is 1.